The summed E-state index contributed by atoms with van der Waals surface area (Å²) in [6.45, 7) is 2.10. The number of hydrogen-bond donors (Lipinski definition) is 1. The second-order valence-electron chi connectivity index (χ2n) is 4.73. The van der Waals surface area contributed by atoms with Crippen molar-refractivity contribution in [3.05, 3.63) is 70.3 Å². The van der Waals surface area contributed by atoms with Crippen molar-refractivity contribution in [2.24, 2.45) is 0 Å². The summed E-state index contributed by atoms with van der Waals surface area (Å²) in [5, 5.41) is 1.30. The minimum absolute atomic E-state index is 0.648. The summed E-state index contributed by atoms with van der Waals surface area (Å²) in [4.78, 5) is 3.34. The molecule has 1 N–H and O–H groups in total. The molecule has 3 aromatic rings. The minimum atomic E-state index is 0.648. The molecule has 0 aliphatic heterocycles. The Labute approximate surface area is 128 Å². The van der Waals surface area contributed by atoms with Gasteiger partial charge in [0.05, 0.1) is 0 Å². The van der Waals surface area contributed by atoms with E-state index < -0.39 is 0 Å². The maximum Gasteiger partial charge on any atom is 0.0490 e. The normalized spacial score (nSPS) is 10.8. The van der Waals surface area contributed by atoms with Crippen LogP contribution in [-0.4, -0.2) is 4.98 Å². The molecule has 0 atom stereocenters. The van der Waals surface area contributed by atoms with Crippen LogP contribution in [0.15, 0.2) is 54.7 Å². The first-order valence-corrected chi connectivity index (χ1v) is 7.10. The second kappa shape index (κ2) is 5.35. The van der Waals surface area contributed by atoms with Gasteiger partial charge in [0.25, 0.3) is 0 Å². The first-order chi connectivity index (χ1) is 9.65. The van der Waals surface area contributed by atoms with Gasteiger partial charge in [0.15, 0.2) is 0 Å². The molecule has 3 heteroatoms. The smallest absolute Gasteiger partial charge is 0.0490 e. The van der Waals surface area contributed by atoms with Gasteiger partial charge in [0, 0.05) is 27.5 Å². The molecule has 0 radical (unpaired) electrons. The van der Waals surface area contributed by atoms with E-state index in [0.717, 1.165) is 16.8 Å². The Kier molecular flexibility index (Phi) is 3.56. The average molecular weight is 302 g/mol. The van der Waals surface area contributed by atoms with E-state index in [-0.39, 0.29) is 0 Å². The number of hydrogen-bond acceptors (Lipinski definition) is 0. The number of nitrogens with one attached hydrogen (secondary N) is 1. The van der Waals surface area contributed by atoms with Gasteiger partial charge in [-0.2, -0.15) is 0 Å². The van der Waals surface area contributed by atoms with Crippen LogP contribution in [0.1, 0.15) is 5.56 Å². The molecule has 2 aromatic carbocycles. The van der Waals surface area contributed by atoms with Gasteiger partial charge in [-0.25, -0.2) is 0 Å². The Morgan fingerprint density at radius 1 is 0.850 bits per heavy atom. The molecule has 100 valence electrons. The second-order valence-corrected chi connectivity index (χ2v) is 5.60. The van der Waals surface area contributed by atoms with Crippen LogP contribution in [0.4, 0.5) is 0 Å². The Hall–Kier alpha value is -1.70. The lowest BCUT2D eigenvalue weighted by molar-refractivity contribution is 1.38. The van der Waals surface area contributed by atoms with Gasteiger partial charge in [0.2, 0.25) is 0 Å². The predicted octanol–water partition coefficient (Wildman–Crippen LogP) is 5.96. The molecule has 0 saturated heterocycles. The van der Waals surface area contributed by atoms with Gasteiger partial charge in [-0.05, 0) is 41.8 Å². The molecule has 0 aliphatic rings. The maximum atomic E-state index is 6.08. The van der Waals surface area contributed by atoms with Crippen molar-refractivity contribution in [3.8, 4) is 22.4 Å². The summed E-state index contributed by atoms with van der Waals surface area (Å²) in [5.41, 5.74) is 5.63. The molecule has 0 aliphatic carbocycles. The average Bonchev–Trinajstić information content (AvgIpc) is 2.80. The van der Waals surface area contributed by atoms with Gasteiger partial charge in [0.1, 0.15) is 0 Å². The Balaban J connectivity index is 2.11. The van der Waals surface area contributed by atoms with Crippen molar-refractivity contribution < 1.29 is 0 Å². The molecule has 0 spiro atoms. The molecule has 0 unspecified atom stereocenters. The highest BCUT2D eigenvalue weighted by molar-refractivity contribution is 6.35. The highest BCUT2D eigenvalue weighted by Gasteiger charge is 2.11. The molecule has 1 nitrogen and oxygen atoms in total. The fourth-order valence-electron chi connectivity index (χ4n) is 2.41. The zero-order valence-electron chi connectivity index (χ0n) is 11.0. The van der Waals surface area contributed by atoms with Crippen LogP contribution in [0.5, 0.6) is 0 Å². The number of benzene rings is 2. The topological polar surface area (TPSA) is 15.8 Å². The van der Waals surface area contributed by atoms with Crippen molar-refractivity contribution in [3.63, 3.8) is 0 Å². The number of rotatable bonds is 2. The molecule has 0 saturated carbocycles. The van der Waals surface area contributed by atoms with Crippen LogP contribution in [-0.2, 0) is 0 Å². The van der Waals surface area contributed by atoms with Crippen molar-refractivity contribution in [1.29, 1.82) is 0 Å². The van der Waals surface area contributed by atoms with Gasteiger partial charge in [-0.1, -0.05) is 53.5 Å². The first kappa shape index (κ1) is 13.3. The lowest BCUT2D eigenvalue weighted by Crippen LogP contribution is -1.82. The minimum Gasteiger partial charge on any atom is -0.360 e. The monoisotopic (exact) mass is 301 g/mol. The summed E-state index contributed by atoms with van der Waals surface area (Å²) in [6, 6.07) is 15.9. The zero-order chi connectivity index (χ0) is 14.1. The van der Waals surface area contributed by atoms with Gasteiger partial charge < -0.3 is 4.98 Å². The third-order valence-corrected chi connectivity index (χ3v) is 3.81. The van der Waals surface area contributed by atoms with Gasteiger partial charge in [-0.3, -0.25) is 0 Å². The Bertz CT molecular complexity index is 725. The number of aromatic nitrogens is 1. The number of H-pyrrole nitrogens is 1. The van der Waals surface area contributed by atoms with Crippen LogP contribution in [0.3, 0.4) is 0 Å². The van der Waals surface area contributed by atoms with Crippen LogP contribution in [0.25, 0.3) is 22.4 Å². The van der Waals surface area contributed by atoms with E-state index in [9.17, 15) is 0 Å². The zero-order valence-corrected chi connectivity index (χ0v) is 12.5. The standard InChI is InChI=1S/C17H13Cl2N/c1-11-16(13-7-14(18)9-15(19)8-13)10-20-17(11)12-5-3-2-4-6-12/h2-10,20H,1H3. The van der Waals surface area contributed by atoms with Crippen molar-refractivity contribution in [1.82, 2.24) is 4.98 Å². The molecule has 20 heavy (non-hydrogen) atoms. The highest BCUT2D eigenvalue weighted by Crippen LogP contribution is 2.34. The third-order valence-electron chi connectivity index (χ3n) is 3.38. The lowest BCUT2D eigenvalue weighted by Gasteiger charge is -2.04. The van der Waals surface area contributed by atoms with E-state index in [0.29, 0.717) is 10.0 Å². The largest absolute Gasteiger partial charge is 0.360 e. The Morgan fingerprint density at radius 2 is 1.50 bits per heavy atom. The predicted molar refractivity (Wildman–Crippen MR) is 86.4 cm³/mol. The fourth-order valence-corrected chi connectivity index (χ4v) is 2.94. The van der Waals surface area contributed by atoms with E-state index >= 15 is 0 Å². The SMILES string of the molecule is Cc1c(-c2cc(Cl)cc(Cl)c2)c[nH]c1-c1ccccc1. The van der Waals surface area contributed by atoms with Crippen LogP contribution < -0.4 is 0 Å². The molecule has 0 fully saturated rings. The van der Waals surface area contributed by atoms with Crippen LogP contribution in [0, 0.1) is 6.92 Å². The fraction of sp³-hybridized carbons (Fsp3) is 0.0588. The van der Waals surface area contributed by atoms with E-state index in [4.69, 9.17) is 23.2 Å². The summed E-state index contributed by atoms with van der Waals surface area (Å²) in [6.07, 6.45) is 2.00. The molecule has 0 amide bonds. The van der Waals surface area contributed by atoms with E-state index in [1.54, 1.807) is 6.07 Å². The maximum absolute atomic E-state index is 6.08. The number of aromatic amines is 1. The highest BCUT2D eigenvalue weighted by atomic mass is 35.5. The first-order valence-electron chi connectivity index (χ1n) is 6.35. The van der Waals surface area contributed by atoms with Gasteiger partial charge >= 0.3 is 0 Å². The van der Waals surface area contributed by atoms with Crippen molar-refractivity contribution in [2.75, 3.05) is 0 Å². The van der Waals surface area contributed by atoms with Crippen molar-refractivity contribution in [2.45, 2.75) is 6.92 Å². The van der Waals surface area contributed by atoms with Crippen LogP contribution >= 0.6 is 23.2 Å². The molecule has 3 rings (SSSR count). The molecule has 1 heterocycles. The lowest BCUT2D eigenvalue weighted by atomic mass is 10.0. The molecular weight excluding hydrogens is 289 g/mol. The molecule has 1 aromatic heterocycles. The summed E-state index contributed by atoms with van der Waals surface area (Å²) < 4.78 is 0. The number of halogens is 2. The summed E-state index contributed by atoms with van der Waals surface area (Å²) in [5.74, 6) is 0. The summed E-state index contributed by atoms with van der Waals surface area (Å²) in [7, 11) is 0. The van der Waals surface area contributed by atoms with E-state index in [2.05, 4.69) is 24.0 Å². The third kappa shape index (κ3) is 2.47. The molecule has 0 bridgehead atoms. The van der Waals surface area contributed by atoms with E-state index in [1.807, 2.05) is 36.5 Å². The molecular formula is C17H13Cl2N. The quantitative estimate of drug-likeness (QED) is 0.601. The Morgan fingerprint density at radius 3 is 2.15 bits per heavy atom. The van der Waals surface area contributed by atoms with Crippen molar-refractivity contribution >= 4 is 23.2 Å². The van der Waals surface area contributed by atoms with E-state index in [1.165, 1.54) is 11.1 Å². The summed E-state index contributed by atoms with van der Waals surface area (Å²) >= 11 is 12.2. The van der Waals surface area contributed by atoms with Gasteiger partial charge in [-0.15, -0.1) is 0 Å². The van der Waals surface area contributed by atoms with Crippen LogP contribution in [0.2, 0.25) is 10.0 Å².